The lowest BCUT2D eigenvalue weighted by atomic mass is 10.1. The molecule has 0 aliphatic heterocycles. The summed E-state index contributed by atoms with van der Waals surface area (Å²) < 4.78 is 18.6. The minimum absolute atomic E-state index is 0.0627. The molecule has 2 aromatic carbocycles. The molecule has 0 spiro atoms. The fourth-order valence-corrected chi connectivity index (χ4v) is 2.98. The van der Waals surface area contributed by atoms with Gasteiger partial charge in [-0.15, -0.1) is 0 Å². The van der Waals surface area contributed by atoms with Crippen molar-refractivity contribution in [1.82, 2.24) is 15.8 Å². The molecule has 29 heavy (non-hydrogen) atoms. The Bertz CT molecular complexity index is 1190. The van der Waals surface area contributed by atoms with Gasteiger partial charge in [-0.2, -0.15) is 0 Å². The summed E-state index contributed by atoms with van der Waals surface area (Å²) in [6, 6.07) is 18.0. The van der Waals surface area contributed by atoms with Crippen molar-refractivity contribution < 1.29 is 18.4 Å². The lowest BCUT2D eigenvalue weighted by molar-refractivity contribution is -0.121. The second-order valence-corrected chi connectivity index (χ2v) is 6.36. The summed E-state index contributed by atoms with van der Waals surface area (Å²) >= 11 is 0. The number of rotatable bonds is 4. The van der Waals surface area contributed by atoms with Crippen LogP contribution in [0.3, 0.4) is 0 Å². The number of furan rings is 1. The van der Waals surface area contributed by atoms with Gasteiger partial charge in [-0.05, 0) is 42.0 Å². The van der Waals surface area contributed by atoms with E-state index in [2.05, 4.69) is 15.8 Å². The van der Waals surface area contributed by atoms with Crippen molar-refractivity contribution in [3.05, 3.63) is 89.9 Å². The van der Waals surface area contributed by atoms with E-state index in [4.69, 9.17) is 4.42 Å². The van der Waals surface area contributed by atoms with Crippen molar-refractivity contribution in [2.24, 2.45) is 0 Å². The Morgan fingerprint density at radius 2 is 1.83 bits per heavy atom. The summed E-state index contributed by atoms with van der Waals surface area (Å²) in [4.78, 5) is 29.4. The summed E-state index contributed by atoms with van der Waals surface area (Å²) in [6.07, 6.45) is 1.46. The molecule has 6 nitrogen and oxygen atoms in total. The summed E-state index contributed by atoms with van der Waals surface area (Å²) in [5, 5.41) is 0.639. The first kappa shape index (κ1) is 18.4. The second-order valence-electron chi connectivity index (χ2n) is 6.36. The number of hydrazine groups is 1. The molecule has 0 saturated heterocycles. The van der Waals surface area contributed by atoms with Gasteiger partial charge in [0.2, 0.25) is 5.91 Å². The van der Waals surface area contributed by atoms with Gasteiger partial charge < -0.3 is 4.42 Å². The Morgan fingerprint density at radius 1 is 0.966 bits per heavy atom. The minimum Gasteiger partial charge on any atom is -0.463 e. The molecule has 0 aliphatic carbocycles. The molecule has 0 aliphatic rings. The Hall–Kier alpha value is -4.00. The van der Waals surface area contributed by atoms with E-state index in [1.807, 2.05) is 6.07 Å². The van der Waals surface area contributed by atoms with Gasteiger partial charge in [0.25, 0.3) is 5.91 Å². The number of hydrogen-bond acceptors (Lipinski definition) is 4. The van der Waals surface area contributed by atoms with Gasteiger partial charge in [-0.1, -0.05) is 30.3 Å². The quantitative estimate of drug-likeness (QED) is 0.522. The van der Waals surface area contributed by atoms with Crippen LogP contribution in [0.2, 0.25) is 0 Å². The number of carbonyl (C=O) groups is 2. The number of pyridine rings is 1. The zero-order chi connectivity index (χ0) is 20.2. The van der Waals surface area contributed by atoms with Crippen molar-refractivity contribution in [2.45, 2.75) is 6.42 Å². The van der Waals surface area contributed by atoms with Crippen molar-refractivity contribution in [3.63, 3.8) is 0 Å². The summed E-state index contributed by atoms with van der Waals surface area (Å²) in [5.41, 5.74) is 6.74. The third kappa shape index (κ3) is 4.14. The third-order valence-electron chi connectivity index (χ3n) is 4.30. The highest BCUT2D eigenvalue weighted by molar-refractivity contribution is 6.07. The predicted molar refractivity (Wildman–Crippen MR) is 105 cm³/mol. The van der Waals surface area contributed by atoms with Gasteiger partial charge in [-0.3, -0.25) is 20.4 Å². The average molecular weight is 389 g/mol. The van der Waals surface area contributed by atoms with Crippen LogP contribution in [-0.2, 0) is 11.2 Å². The number of fused-ring (bicyclic) bond motifs is 1. The van der Waals surface area contributed by atoms with Crippen molar-refractivity contribution in [3.8, 4) is 11.5 Å². The number of benzene rings is 2. The molecule has 0 saturated carbocycles. The van der Waals surface area contributed by atoms with Crippen LogP contribution in [0.25, 0.3) is 22.4 Å². The molecule has 0 fully saturated rings. The van der Waals surface area contributed by atoms with Gasteiger partial charge in [0.15, 0.2) is 5.76 Å². The van der Waals surface area contributed by atoms with Crippen LogP contribution in [0.5, 0.6) is 0 Å². The SMILES string of the molecule is O=C(Cc1cccc(F)c1)NNC(=O)c1cc(-c2ccco2)nc2ccccc12. The molecule has 4 aromatic rings. The van der Waals surface area contributed by atoms with E-state index in [1.165, 1.54) is 24.5 Å². The Kier molecular flexibility index (Phi) is 5.03. The lowest BCUT2D eigenvalue weighted by Gasteiger charge is -2.11. The van der Waals surface area contributed by atoms with E-state index in [0.717, 1.165) is 0 Å². The van der Waals surface area contributed by atoms with Crippen LogP contribution in [0, 0.1) is 5.82 Å². The van der Waals surface area contributed by atoms with Crippen LogP contribution < -0.4 is 10.9 Å². The molecule has 4 rings (SSSR count). The first-order valence-corrected chi connectivity index (χ1v) is 8.87. The van der Waals surface area contributed by atoms with Crippen molar-refractivity contribution in [1.29, 1.82) is 0 Å². The predicted octanol–water partition coefficient (Wildman–Crippen LogP) is 3.64. The molecule has 2 N–H and O–H groups in total. The number of hydrogen-bond donors (Lipinski definition) is 2. The molecule has 144 valence electrons. The van der Waals surface area contributed by atoms with Gasteiger partial charge in [0.05, 0.1) is 23.8 Å². The molecule has 0 bridgehead atoms. The molecule has 2 heterocycles. The van der Waals surface area contributed by atoms with Gasteiger partial charge >= 0.3 is 0 Å². The molecule has 0 atom stereocenters. The smallest absolute Gasteiger partial charge is 0.270 e. The second kappa shape index (κ2) is 7.93. The van der Waals surface area contributed by atoms with E-state index in [9.17, 15) is 14.0 Å². The highest BCUT2D eigenvalue weighted by Gasteiger charge is 2.15. The number of para-hydroxylation sites is 1. The van der Waals surface area contributed by atoms with Crippen LogP contribution in [0.1, 0.15) is 15.9 Å². The van der Waals surface area contributed by atoms with Gasteiger partial charge in [0, 0.05) is 5.39 Å². The normalized spacial score (nSPS) is 10.7. The third-order valence-corrected chi connectivity index (χ3v) is 4.30. The van der Waals surface area contributed by atoms with E-state index in [1.54, 1.807) is 42.5 Å². The van der Waals surface area contributed by atoms with Crippen molar-refractivity contribution >= 4 is 22.7 Å². The summed E-state index contributed by atoms with van der Waals surface area (Å²) in [6.45, 7) is 0. The zero-order valence-corrected chi connectivity index (χ0v) is 15.2. The number of nitrogens with zero attached hydrogens (tertiary/aromatic N) is 1. The fourth-order valence-electron chi connectivity index (χ4n) is 2.98. The molecule has 7 heteroatoms. The molecule has 2 aromatic heterocycles. The maximum absolute atomic E-state index is 13.2. The summed E-state index contributed by atoms with van der Waals surface area (Å²) in [7, 11) is 0. The monoisotopic (exact) mass is 389 g/mol. The molecule has 0 radical (unpaired) electrons. The first-order valence-electron chi connectivity index (χ1n) is 8.87. The minimum atomic E-state index is -0.496. The number of nitrogens with one attached hydrogen (secondary N) is 2. The molecular weight excluding hydrogens is 373 g/mol. The number of carbonyl (C=O) groups excluding carboxylic acids is 2. The zero-order valence-electron chi connectivity index (χ0n) is 15.2. The van der Waals surface area contributed by atoms with Gasteiger partial charge in [-0.25, -0.2) is 9.37 Å². The molecule has 2 amide bonds. The van der Waals surface area contributed by atoms with E-state index >= 15 is 0 Å². The Balaban J connectivity index is 1.54. The topological polar surface area (TPSA) is 84.2 Å². The molecule has 0 unspecified atom stereocenters. The maximum Gasteiger partial charge on any atom is 0.270 e. The largest absolute Gasteiger partial charge is 0.463 e. The highest BCUT2D eigenvalue weighted by Crippen LogP contribution is 2.25. The van der Waals surface area contributed by atoms with Crippen LogP contribution in [0.4, 0.5) is 4.39 Å². The Morgan fingerprint density at radius 3 is 2.62 bits per heavy atom. The highest BCUT2D eigenvalue weighted by atomic mass is 19.1. The summed E-state index contributed by atoms with van der Waals surface area (Å²) in [5.74, 6) is -0.856. The van der Waals surface area contributed by atoms with Gasteiger partial charge in [0.1, 0.15) is 11.5 Å². The van der Waals surface area contributed by atoms with E-state index in [-0.39, 0.29) is 6.42 Å². The van der Waals surface area contributed by atoms with Crippen LogP contribution in [0.15, 0.2) is 77.4 Å². The average Bonchev–Trinajstić information content (AvgIpc) is 3.26. The fraction of sp³-hybridized carbons (Fsp3) is 0.0455. The first-order chi connectivity index (χ1) is 14.1. The van der Waals surface area contributed by atoms with Crippen LogP contribution in [-0.4, -0.2) is 16.8 Å². The van der Waals surface area contributed by atoms with E-state index in [0.29, 0.717) is 33.5 Å². The number of halogens is 1. The van der Waals surface area contributed by atoms with E-state index < -0.39 is 17.6 Å². The van der Waals surface area contributed by atoms with Crippen LogP contribution >= 0.6 is 0 Å². The molecular formula is C22H16FN3O3. The standard InChI is InChI=1S/C22H16FN3O3/c23-15-6-3-5-14(11-15)12-21(27)25-26-22(28)17-13-19(20-9-4-10-29-20)24-18-8-2-1-7-16(17)18/h1-11,13H,12H2,(H,25,27)(H,26,28). The van der Waals surface area contributed by atoms with Crippen molar-refractivity contribution in [2.75, 3.05) is 0 Å². The number of aromatic nitrogens is 1. The Labute approximate surface area is 165 Å². The number of amides is 2. The lowest BCUT2D eigenvalue weighted by Crippen LogP contribution is -2.42. The maximum atomic E-state index is 13.2.